The first kappa shape index (κ1) is 22.6. The van der Waals surface area contributed by atoms with Gasteiger partial charge in [-0.3, -0.25) is 9.36 Å². The number of benzene rings is 1. The molecule has 2 heterocycles. The number of likely N-dealkylation sites (tertiary alicyclic amines) is 1. The fourth-order valence-electron chi connectivity index (χ4n) is 3.85. The highest BCUT2D eigenvalue weighted by Crippen LogP contribution is 2.28. The lowest BCUT2D eigenvalue weighted by atomic mass is 10.1. The second-order valence-corrected chi connectivity index (χ2v) is 9.55. The van der Waals surface area contributed by atoms with E-state index in [0.29, 0.717) is 0 Å². The average Bonchev–Trinajstić information content (AvgIpc) is 3.16. The SMILES string of the molecule is COc1ccc(-n2c(S[C@@H](C)C(=O)NC(C)C)nnc2[C@@H](C)[NH+]2CCCCC2)cc1. The topological polar surface area (TPSA) is 73.5 Å². The van der Waals surface area contributed by atoms with E-state index in [4.69, 9.17) is 4.74 Å². The summed E-state index contributed by atoms with van der Waals surface area (Å²) in [4.78, 5) is 14.0. The van der Waals surface area contributed by atoms with E-state index in [1.165, 1.54) is 31.0 Å². The Balaban J connectivity index is 1.93. The van der Waals surface area contributed by atoms with E-state index in [1.54, 1.807) is 12.0 Å². The number of aromatic nitrogens is 3. The van der Waals surface area contributed by atoms with Crippen molar-refractivity contribution in [3.8, 4) is 11.4 Å². The third-order valence-corrected chi connectivity index (χ3v) is 6.61. The fourth-order valence-corrected chi connectivity index (χ4v) is 4.73. The summed E-state index contributed by atoms with van der Waals surface area (Å²) < 4.78 is 7.43. The lowest BCUT2D eigenvalue weighted by Gasteiger charge is -2.29. The van der Waals surface area contributed by atoms with Crippen LogP contribution in [0.5, 0.6) is 5.75 Å². The van der Waals surface area contributed by atoms with Gasteiger partial charge in [-0.1, -0.05) is 11.8 Å². The number of hydrogen-bond acceptors (Lipinski definition) is 5. The Morgan fingerprint density at radius 3 is 2.37 bits per heavy atom. The first-order valence-electron chi connectivity index (χ1n) is 10.8. The van der Waals surface area contributed by atoms with Gasteiger partial charge in [0.05, 0.1) is 25.4 Å². The van der Waals surface area contributed by atoms with E-state index in [-0.39, 0.29) is 23.2 Å². The van der Waals surface area contributed by atoms with Crippen molar-refractivity contribution < 1.29 is 14.4 Å². The van der Waals surface area contributed by atoms with Gasteiger partial charge in [-0.2, -0.15) is 0 Å². The second kappa shape index (κ2) is 10.3. The first-order valence-corrected chi connectivity index (χ1v) is 11.7. The number of nitrogens with one attached hydrogen (secondary N) is 2. The van der Waals surface area contributed by atoms with Crippen LogP contribution >= 0.6 is 11.8 Å². The number of methoxy groups -OCH3 is 1. The fraction of sp³-hybridized carbons (Fsp3) is 0.591. The number of rotatable bonds is 8. The Labute approximate surface area is 183 Å². The molecule has 0 unspecified atom stereocenters. The van der Waals surface area contributed by atoms with Crippen molar-refractivity contribution in [1.29, 1.82) is 0 Å². The van der Waals surface area contributed by atoms with Crippen LogP contribution in [0.15, 0.2) is 29.4 Å². The minimum Gasteiger partial charge on any atom is -0.497 e. The summed E-state index contributed by atoms with van der Waals surface area (Å²) in [5.74, 6) is 1.76. The lowest BCUT2D eigenvalue weighted by molar-refractivity contribution is -0.935. The smallest absolute Gasteiger partial charge is 0.233 e. The van der Waals surface area contributed by atoms with Crippen LogP contribution in [-0.4, -0.2) is 52.2 Å². The Hall–Kier alpha value is -2.06. The number of carbonyl (C=O) groups excluding carboxylic acids is 1. The molecular weight excluding hydrogens is 398 g/mol. The van der Waals surface area contributed by atoms with Crippen LogP contribution in [0.3, 0.4) is 0 Å². The van der Waals surface area contributed by atoms with Gasteiger partial charge in [0, 0.05) is 11.7 Å². The number of carbonyl (C=O) groups is 1. The predicted octanol–water partition coefficient (Wildman–Crippen LogP) is 2.41. The Bertz CT molecular complexity index is 831. The number of ether oxygens (including phenoxy) is 1. The molecule has 1 amide bonds. The third kappa shape index (κ3) is 5.35. The molecule has 1 aliphatic heterocycles. The minimum absolute atomic E-state index is 0.00975. The van der Waals surface area contributed by atoms with Gasteiger partial charge in [-0.15, -0.1) is 10.2 Å². The molecule has 3 rings (SSSR count). The number of quaternary nitrogens is 1. The van der Waals surface area contributed by atoms with E-state index in [1.807, 2.05) is 45.0 Å². The standard InChI is InChI=1S/C22H33N5O2S/c1-15(2)23-21(28)17(4)30-22-25-24-20(16(3)26-13-7-6-8-14-26)27(22)18-9-11-19(29-5)12-10-18/h9-12,15-17H,6-8,13-14H2,1-5H3,(H,23,28)/p+1/t16-,17+/m1/s1. The maximum Gasteiger partial charge on any atom is 0.233 e. The van der Waals surface area contributed by atoms with Crippen molar-refractivity contribution in [1.82, 2.24) is 20.1 Å². The molecule has 1 aromatic heterocycles. The van der Waals surface area contributed by atoms with Gasteiger partial charge in [0.2, 0.25) is 5.91 Å². The molecule has 7 nitrogen and oxygen atoms in total. The highest BCUT2D eigenvalue weighted by atomic mass is 32.2. The molecule has 0 saturated carbocycles. The lowest BCUT2D eigenvalue weighted by Crippen LogP contribution is -3.12. The molecule has 1 aliphatic rings. The van der Waals surface area contributed by atoms with Crippen molar-refractivity contribution in [2.45, 2.75) is 69.4 Å². The molecule has 0 spiro atoms. The molecule has 2 aromatic rings. The second-order valence-electron chi connectivity index (χ2n) is 8.24. The molecule has 0 bridgehead atoms. The van der Waals surface area contributed by atoms with Crippen molar-refractivity contribution >= 4 is 17.7 Å². The molecular formula is C22H34N5O2S+. The van der Waals surface area contributed by atoms with E-state index in [2.05, 4.69) is 27.0 Å². The van der Waals surface area contributed by atoms with Crippen LogP contribution in [0, 0.1) is 0 Å². The molecule has 8 heteroatoms. The van der Waals surface area contributed by atoms with Gasteiger partial charge in [0.15, 0.2) is 11.0 Å². The van der Waals surface area contributed by atoms with Crippen LogP contribution in [0.25, 0.3) is 5.69 Å². The molecule has 2 N–H and O–H groups in total. The Morgan fingerprint density at radius 1 is 1.10 bits per heavy atom. The average molecular weight is 433 g/mol. The largest absolute Gasteiger partial charge is 0.497 e. The monoisotopic (exact) mass is 432 g/mol. The van der Waals surface area contributed by atoms with Gasteiger partial charge < -0.3 is 15.0 Å². The highest BCUT2D eigenvalue weighted by Gasteiger charge is 2.29. The third-order valence-electron chi connectivity index (χ3n) is 5.57. The number of amides is 1. The summed E-state index contributed by atoms with van der Waals surface area (Å²) in [6.07, 6.45) is 3.82. The summed E-state index contributed by atoms with van der Waals surface area (Å²) in [6.45, 7) is 10.4. The summed E-state index contributed by atoms with van der Waals surface area (Å²) >= 11 is 1.45. The van der Waals surface area contributed by atoms with Crippen molar-refractivity contribution in [3.05, 3.63) is 30.1 Å². The van der Waals surface area contributed by atoms with Crippen molar-refractivity contribution in [2.24, 2.45) is 0 Å². The van der Waals surface area contributed by atoms with E-state index in [9.17, 15) is 4.79 Å². The van der Waals surface area contributed by atoms with Gasteiger partial charge in [-0.25, -0.2) is 0 Å². The van der Waals surface area contributed by atoms with Gasteiger partial charge >= 0.3 is 0 Å². The van der Waals surface area contributed by atoms with E-state index in [0.717, 1.165) is 35.5 Å². The molecule has 2 atom stereocenters. The molecule has 1 fully saturated rings. The van der Waals surface area contributed by atoms with Gasteiger partial charge in [0.1, 0.15) is 11.8 Å². The zero-order valence-electron chi connectivity index (χ0n) is 18.6. The number of nitrogens with zero attached hydrogens (tertiary/aromatic N) is 3. The summed E-state index contributed by atoms with van der Waals surface area (Å²) in [5, 5.41) is 12.6. The quantitative estimate of drug-likeness (QED) is 0.627. The number of hydrogen-bond donors (Lipinski definition) is 2. The normalized spacial score (nSPS) is 17.0. The van der Waals surface area contributed by atoms with Crippen LogP contribution in [0.4, 0.5) is 0 Å². The first-order chi connectivity index (χ1) is 14.4. The minimum atomic E-state index is -0.265. The number of piperidine rings is 1. The van der Waals surface area contributed by atoms with Crippen LogP contribution in [-0.2, 0) is 4.79 Å². The zero-order chi connectivity index (χ0) is 21.7. The molecule has 0 radical (unpaired) electrons. The van der Waals surface area contributed by atoms with E-state index < -0.39 is 0 Å². The van der Waals surface area contributed by atoms with Crippen molar-refractivity contribution in [2.75, 3.05) is 20.2 Å². The Morgan fingerprint density at radius 2 is 1.77 bits per heavy atom. The summed E-state index contributed by atoms with van der Waals surface area (Å²) in [6, 6.07) is 8.27. The summed E-state index contributed by atoms with van der Waals surface area (Å²) in [5.41, 5.74) is 0.984. The van der Waals surface area contributed by atoms with Crippen LogP contribution in [0.1, 0.15) is 58.8 Å². The van der Waals surface area contributed by atoms with Gasteiger partial charge in [0.25, 0.3) is 0 Å². The molecule has 1 aromatic carbocycles. The zero-order valence-corrected chi connectivity index (χ0v) is 19.5. The van der Waals surface area contributed by atoms with Crippen LogP contribution in [0.2, 0.25) is 0 Å². The van der Waals surface area contributed by atoms with Crippen molar-refractivity contribution in [3.63, 3.8) is 0 Å². The highest BCUT2D eigenvalue weighted by molar-refractivity contribution is 8.00. The number of thioether (sulfide) groups is 1. The molecule has 1 saturated heterocycles. The molecule has 30 heavy (non-hydrogen) atoms. The maximum absolute atomic E-state index is 12.5. The predicted molar refractivity (Wildman–Crippen MR) is 119 cm³/mol. The molecule has 0 aliphatic carbocycles. The van der Waals surface area contributed by atoms with Crippen LogP contribution < -0.4 is 15.0 Å². The van der Waals surface area contributed by atoms with Gasteiger partial charge in [-0.05, 0) is 71.2 Å². The summed E-state index contributed by atoms with van der Waals surface area (Å²) in [7, 11) is 1.66. The van der Waals surface area contributed by atoms with E-state index >= 15 is 0 Å². The molecule has 164 valence electrons. The maximum atomic E-state index is 12.5. The Kier molecular flexibility index (Phi) is 7.77.